The molecule has 0 unspecified atom stereocenters. The van der Waals surface area contributed by atoms with Crippen LogP contribution < -0.4 is 4.72 Å². The molecule has 0 saturated heterocycles. The Balaban J connectivity index is 1.18. The molecule has 34 heavy (non-hydrogen) atoms. The molecular weight excluding hydrogens is 434 g/mol. The van der Waals surface area contributed by atoms with Gasteiger partial charge in [0.05, 0.1) is 11.0 Å². The molecule has 0 amide bonds. The fourth-order valence-electron chi connectivity index (χ4n) is 4.48. The van der Waals surface area contributed by atoms with Gasteiger partial charge in [0.25, 0.3) is 0 Å². The molecule has 4 heteroatoms. The number of benzene rings is 4. The number of para-hydroxylation sites is 2. The number of fused-ring (bicyclic) bond motifs is 1. The molecule has 4 aromatic carbocycles. The maximum atomic E-state index is 4.68. The van der Waals surface area contributed by atoms with Crippen LogP contribution in [0.15, 0.2) is 114 Å². The van der Waals surface area contributed by atoms with Gasteiger partial charge in [0.15, 0.2) is 0 Å². The van der Waals surface area contributed by atoms with Gasteiger partial charge in [0.2, 0.25) is 0 Å². The van der Waals surface area contributed by atoms with E-state index in [1.807, 2.05) is 6.07 Å². The molecule has 0 aliphatic heterocycles. The Bertz CT molecular complexity index is 1290. The zero-order chi connectivity index (χ0) is 23.2. The van der Waals surface area contributed by atoms with Crippen molar-refractivity contribution < 1.29 is 0 Å². The highest BCUT2D eigenvalue weighted by Gasteiger charge is 2.13. The van der Waals surface area contributed by atoms with Crippen molar-refractivity contribution in [1.29, 1.82) is 0 Å². The minimum absolute atomic E-state index is 0.395. The molecule has 0 bridgehead atoms. The van der Waals surface area contributed by atoms with Crippen LogP contribution in [-0.2, 0) is 6.54 Å². The van der Waals surface area contributed by atoms with E-state index in [0.717, 1.165) is 30.9 Å². The molecular formula is C30H29N3S. The van der Waals surface area contributed by atoms with E-state index in [9.17, 15) is 0 Å². The van der Waals surface area contributed by atoms with E-state index in [4.69, 9.17) is 0 Å². The summed E-state index contributed by atoms with van der Waals surface area (Å²) in [5, 5.41) is 0. The van der Waals surface area contributed by atoms with Crippen LogP contribution in [0.25, 0.3) is 11.0 Å². The second-order valence-electron chi connectivity index (χ2n) is 8.54. The van der Waals surface area contributed by atoms with Crippen LogP contribution in [0.1, 0.15) is 34.9 Å². The third kappa shape index (κ3) is 5.24. The molecule has 1 aromatic heterocycles. The third-order valence-electron chi connectivity index (χ3n) is 6.24. The van der Waals surface area contributed by atoms with Crippen molar-refractivity contribution in [3.05, 3.63) is 132 Å². The summed E-state index contributed by atoms with van der Waals surface area (Å²) in [7, 11) is 0. The Hall–Kier alpha value is -3.34. The number of nitrogens with zero attached hydrogens (tertiary/aromatic N) is 2. The number of nitrogens with one attached hydrogen (secondary N) is 1. The average molecular weight is 464 g/mol. The Morgan fingerprint density at radius 3 is 2.06 bits per heavy atom. The van der Waals surface area contributed by atoms with Crippen LogP contribution in [0.2, 0.25) is 0 Å². The van der Waals surface area contributed by atoms with Crippen molar-refractivity contribution in [2.45, 2.75) is 30.7 Å². The van der Waals surface area contributed by atoms with Crippen LogP contribution >= 0.6 is 11.9 Å². The predicted molar refractivity (Wildman–Crippen MR) is 143 cm³/mol. The van der Waals surface area contributed by atoms with Gasteiger partial charge < -0.3 is 4.57 Å². The van der Waals surface area contributed by atoms with E-state index in [0.29, 0.717) is 5.92 Å². The van der Waals surface area contributed by atoms with Gasteiger partial charge in [0.1, 0.15) is 5.82 Å². The number of rotatable bonds is 9. The van der Waals surface area contributed by atoms with Gasteiger partial charge in [-0.25, -0.2) is 4.98 Å². The van der Waals surface area contributed by atoms with Crippen molar-refractivity contribution in [3.8, 4) is 0 Å². The number of hydrogen-bond acceptors (Lipinski definition) is 3. The number of aryl methyl sites for hydroxylation is 1. The standard InChI is InChI=1S/C30H29N3S/c1-23-32-29-14-8-9-15-30(29)33(23)22-24-16-18-27(19-17-24)34-31-21-20-28(25-10-4-2-5-11-25)26-12-6-3-7-13-26/h2-19,28,31H,20-22H2,1H3. The monoisotopic (exact) mass is 463 g/mol. The third-order valence-corrected chi connectivity index (χ3v) is 7.09. The van der Waals surface area contributed by atoms with Crippen LogP contribution in [-0.4, -0.2) is 16.1 Å². The highest BCUT2D eigenvalue weighted by Crippen LogP contribution is 2.28. The number of hydrogen-bond donors (Lipinski definition) is 1. The summed E-state index contributed by atoms with van der Waals surface area (Å²) < 4.78 is 5.85. The summed E-state index contributed by atoms with van der Waals surface area (Å²) in [5.74, 6) is 1.44. The van der Waals surface area contributed by atoms with E-state index in [-0.39, 0.29) is 0 Å². The lowest BCUT2D eigenvalue weighted by Crippen LogP contribution is -2.11. The first-order valence-electron chi connectivity index (χ1n) is 11.8. The van der Waals surface area contributed by atoms with Gasteiger partial charge >= 0.3 is 0 Å². The Morgan fingerprint density at radius 1 is 0.765 bits per heavy atom. The summed E-state index contributed by atoms with van der Waals surface area (Å²) >= 11 is 1.71. The Kier molecular flexibility index (Phi) is 7.08. The highest BCUT2D eigenvalue weighted by atomic mass is 32.2. The maximum Gasteiger partial charge on any atom is 0.107 e. The van der Waals surface area contributed by atoms with Crippen LogP contribution in [0, 0.1) is 6.92 Å². The van der Waals surface area contributed by atoms with Gasteiger partial charge in [0, 0.05) is 23.9 Å². The molecule has 5 rings (SSSR count). The molecule has 3 nitrogen and oxygen atoms in total. The van der Waals surface area contributed by atoms with Crippen molar-refractivity contribution in [1.82, 2.24) is 14.3 Å². The SMILES string of the molecule is Cc1nc2ccccc2n1Cc1ccc(SNCCC(c2ccccc2)c2ccccc2)cc1. The van der Waals surface area contributed by atoms with Gasteiger partial charge in [-0.3, -0.25) is 4.72 Å². The largest absolute Gasteiger partial charge is 0.324 e. The van der Waals surface area contributed by atoms with E-state index in [1.54, 1.807) is 11.9 Å². The lowest BCUT2D eigenvalue weighted by Gasteiger charge is -2.18. The zero-order valence-electron chi connectivity index (χ0n) is 19.4. The molecule has 5 aromatic rings. The topological polar surface area (TPSA) is 29.9 Å². The minimum atomic E-state index is 0.395. The smallest absolute Gasteiger partial charge is 0.107 e. The maximum absolute atomic E-state index is 4.68. The predicted octanol–water partition coefficient (Wildman–Crippen LogP) is 7.21. The lowest BCUT2D eigenvalue weighted by molar-refractivity contribution is 0.706. The summed E-state index contributed by atoms with van der Waals surface area (Å²) in [6, 6.07) is 38.8. The van der Waals surface area contributed by atoms with Gasteiger partial charge in [-0.15, -0.1) is 0 Å². The second-order valence-corrected chi connectivity index (χ2v) is 9.50. The normalized spacial score (nSPS) is 11.4. The number of imidazole rings is 1. The van der Waals surface area contributed by atoms with E-state index >= 15 is 0 Å². The molecule has 0 fully saturated rings. The first-order valence-corrected chi connectivity index (χ1v) is 12.6. The minimum Gasteiger partial charge on any atom is -0.324 e. The first-order chi connectivity index (χ1) is 16.8. The highest BCUT2D eigenvalue weighted by molar-refractivity contribution is 7.97. The van der Waals surface area contributed by atoms with Crippen molar-refractivity contribution in [2.24, 2.45) is 0 Å². The summed E-state index contributed by atoms with van der Waals surface area (Å²) in [4.78, 5) is 5.91. The Labute approximate surface area is 206 Å². The van der Waals surface area contributed by atoms with Crippen LogP contribution in [0.3, 0.4) is 0 Å². The van der Waals surface area contributed by atoms with Crippen LogP contribution in [0.5, 0.6) is 0 Å². The molecule has 0 aliphatic rings. The van der Waals surface area contributed by atoms with Gasteiger partial charge in [-0.2, -0.15) is 0 Å². The fourth-order valence-corrected chi connectivity index (χ4v) is 5.13. The quantitative estimate of drug-likeness (QED) is 0.185. The number of aromatic nitrogens is 2. The van der Waals surface area contributed by atoms with Gasteiger partial charge in [-0.1, -0.05) is 84.9 Å². The Morgan fingerprint density at radius 2 is 1.38 bits per heavy atom. The summed E-state index contributed by atoms with van der Waals surface area (Å²) in [6.45, 7) is 3.84. The molecule has 1 heterocycles. The zero-order valence-corrected chi connectivity index (χ0v) is 20.2. The summed E-state index contributed by atoms with van der Waals surface area (Å²) in [5.41, 5.74) is 6.26. The molecule has 0 atom stereocenters. The molecule has 0 saturated carbocycles. The second kappa shape index (κ2) is 10.7. The fraction of sp³-hybridized carbons (Fsp3) is 0.167. The molecule has 0 radical (unpaired) electrons. The first kappa shape index (κ1) is 22.5. The van der Waals surface area contributed by atoms with Crippen molar-refractivity contribution >= 4 is 23.0 Å². The average Bonchev–Trinajstić information content (AvgIpc) is 3.21. The van der Waals surface area contributed by atoms with Gasteiger partial charge in [-0.05, 0) is 66.2 Å². The van der Waals surface area contributed by atoms with Crippen molar-refractivity contribution in [3.63, 3.8) is 0 Å². The van der Waals surface area contributed by atoms with E-state index in [2.05, 4.69) is 124 Å². The lowest BCUT2D eigenvalue weighted by atomic mass is 9.89. The van der Waals surface area contributed by atoms with Crippen molar-refractivity contribution in [2.75, 3.05) is 6.54 Å². The van der Waals surface area contributed by atoms with E-state index < -0.39 is 0 Å². The van der Waals surface area contributed by atoms with Crippen LogP contribution in [0.4, 0.5) is 0 Å². The molecule has 0 aliphatic carbocycles. The molecule has 170 valence electrons. The molecule has 0 spiro atoms. The summed E-state index contributed by atoms with van der Waals surface area (Å²) in [6.07, 6.45) is 1.05. The van der Waals surface area contributed by atoms with E-state index in [1.165, 1.54) is 27.1 Å². The molecule has 1 N–H and O–H groups in total.